The average molecular weight is 490 g/mol. The zero-order valence-corrected chi connectivity index (χ0v) is 20.8. The van der Waals surface area contributed by atoms with Crippen LogP contribution in [0.25, 0.3) is 11.3 Å². The predicted molar refractivity (Wildman–Crippen MR) is 139 cm³/mol. The smallest absolute Gasteiger partial charge is 0.223 e. The van der Waals surface area contributed by atoms with Crippen LogP contribution in [0.15, 0.2) is 60.8 Å². The van der Waals surface area contributed by atoms with Gasteiger partial charge in [-0.15, -0.1) is 0 Å². The van der Waals surface area contributed by atoms with Gasteiger partial charge in [0.25, 0.3) is 0 Å². The maximum Gasteiger partial charge on any atom is 0.223 e. The molecular formula is C28H35N5O3. The van der Waals surface area contributed by atoms with Gasteiger partial charge >= 0.3 is 0 Å². The second-order valence-electron chi connectivity index (χ2n) is 9.18. The van der Waals surface area contributed by atoms with Crippen molar-refractivity contribution in [3.8, 4) is 17.0 Å². The Morgan fingerprint density at radius 1 is 1.11 bits per heavy atom. The van der Waals surface area contributed by atoms with Gasteiger partial charge in [0.15, 0.2) is 0 Å². The second kappa shape index (κ2) is 12.9. The highest BCUT2D eigenvalue weighted by molar-refractivity contribution is 5.79. The third-order valence-corrected chi connectivity index (χ3v) is 6.67. The summed E-state index contributed by atoms with van der Waals surface area (Å²) in [5, 5.41) is 13.5. The first-order valence-electron chi connectivity index (χ1n) is 12.6. The number of nitrogens with one attached hydrogen (secondary N) is 3. The number of aromatic amines is 1. The molecule has 1 atom stereocenters. The molecule has 1 aromatic heterocycles. The van der Waals surface area contributed by atoms with Crippen molar-refractivity contribution in [1.29, 1.82) is 0 Å². The van der Waals surface area contributed by atoms with Gasteiger partial charge in [-0.05, 0) is 43.5 Å². The average Bonchev–Trinajstić information content (AvgIpc) is 3.36. The molecule has 190 valence electrons. The van der Waals surface area contributed by atoms with E-state index in [1.807, 2.05) is 60.8 Å². The Morgan fingerprint density at radius 3 is 2.75 bits per heavy atom. The van der Waals surface area contributed by atoms with Crippen molar-refractivity contribution in [3.05, 3.63) is 71.9 Å². The molecule has 2 aromatic carbocycles. The number of hydrogen-bond donors (Lipinski definition) is 3. The molecule has 3 aromatic rings. The van der Waals surface area contributed by atoms with Crippen molar-refractivity contribution in [3.63, 3.8) is 0 Å². The van der Waals surface area contributed by atoms with Crippen LogP contribution < -0.4 is 15.4 Å². The van der Waals surface area contributed by atoms with E-state index in [1.54, 1.807) is 7.11 Å². The number of ether oxygens (including phenoxy) is 1. The third-order valence-electron chi connectivity index (χ3n) is 6.67. The van der Waals surface area contributed by atoms with Gasteiger partial charge in [0.05, 0.1) is 19.0 Å². The molecule has 0 radical (unpaired) electrons. The van der Waals surface area contributed by atoms with Crippen LogP contribution >= 0.6 is 0 Å². The normalized spacial score (nSPS) is 17.6. The second-order valence-corrected chi connectivity index (χ2v) is 9.18. The minimum atomic E-state index is -0.132. The Bertz CT molecular complexity index is 1130. The zero-order valence-electron chi connectivity index (χ0n) is 20.8. The minimum Gasteiger partial charge on any atom is -0.496 e. The quantitative estimate of drug-likeness (QED) is 0.472. The summed E-state index contributed by atoms with van der Waals surface area (Å²) in [5.41, 5.74) is 4.00. The monoisotopic (exact) mass is 489 g/mol. The summed E-state index contributed by atoms with van der Waals surface area (Å²) >= 11 is 0. The van der Waals surface area contributed by atoms with Crippen molar-refractivity contribution in [2.75, 3.05) is 26.7 Å². The van der Waals surface area contributed by atoms with Gasteiger partial charge in [0, 0.05) is 49.6 Å². The lowest BCUT2D eigenvalue weighted by atomic mass is 9.97. The van der Waals surface area contributed by atoms with Crippen molar-refractivity contribution in [1.82, 2.24) is 25.7 Å². The van der Waals surface area contributed by atoms with Gasteiger partial charge < -0.3 is 15.4 Å². The SMILES string of the molecule is COc1ccccc1-c1[nH]ncc1CN1CCC[C@H](C(=O)NCc2ccccc2)CCNC(=O)CC1. The number of aromatic nitrogens is 2. The van der Waals surface area contributed by atoms with Crippen LogP contribution in [0, 0.1) is 5.92 Å². The zero-order chi connectivity index (χ0) is 25.2. The molecule has 1 saturated heterocycles. The highest BCUT2D eigenvalue weighted by Crippen LogP contribution is 2.31. The summed E-state index contributed by atoms with van der Waals surface area (Å²) in [5.74, 6) is 0.714. The van der Waals surface area contributed by atoms with Gasteiger partial charge in [-0.3, -0.25) is 19.6 Å². The highest BCUT2D eigenvalue weighted by Gasteiger charge is 2.21. The topological polar surface area (TPSA) is 99.3 Å². The van der Waals surface area contributed by atoms with E-state index in [2.05, 4.69) is 25.7 Å². The largest absolute Gasteiger partial charge is 0.496 e. The molecular weight excluding hydrogens is 454 g/mol. The first kappa shape index (κ1) is 25.4. The molecule has 8 nitrogen and oxygen atoms in total. The molecule has 2 heterocycles. The molecule has 1 aliphatic rings. The number of methoxy groups -OCH3 is 1. The van der Waals surface area contributed by atoms with Crippen LogP contribution in [-0.4, -0.2) is 53.7 Å². The Kier molecular flexibility index (Phi) is 9.10. The number of carbonyl (C=O) groups excluding carboxylic acids is 2. The molecule has 0 spiro atoms. The molecule has 0 unspecified atom stereocenters. The van der Waals surface area contributed by atoms with Gasteiger partial charge in [0.1, 0.15) is 5.75 Å². The lowest BCUT2D eigenvalue weighted by molar-refractivity contribution is -0.126. The van der Waals surface area contributed by atoms with Gasteiger partial charge in [-0.1, -0.05) is 42.5 Å². The predicted octanol–water partition coefficient (Wildman–Crippen LogP) is 3.51. The Labute approximate surface area is 212 Å². The standard InChI is InChI=1S/C28H35N5O3/c1-36-25-12-6-5-11-24(25)27-23(19-31-32-27)20-33-16-7-10-22(13-15-29-26(34)14-17-33)28(35)30-18-21-8-3-2-4-9-21/h2-6,8-9,11-12,19,22H,7,10,13-18,20H2,1H3,(H,29,34)(H,30,35)(H,31,32)/t22-/m0/s1. The lowest BCUT2D eigenvalue weighted by Gasteiger charge is -2.23. The van der Waals surface area contributed by atoms with E-state index in [0.717, 1.165) is 47.5 Å². The van der Waals surface area contributed by atoms with Crippen LogP contribution in [0.5, 0.6) is 5.75 Å². The molecule has 0 saturated carbocycles. The number of rotatable bonds is 7. The van der Waals surface area contributed by atoms with E-state index >= 15 is 0 Å². The van der Waals surface area contributed by atoms with Crippen LogP contribution in [0.2, 0.25) is 0 Å². The molecule has 0 aliphatic carbocycles. The first-order chi connectivity index (χ1) is 17.6. The molecule has 4 rings (SSSR count). The van der Waals surface area contributed by atoms with Gasteiger partial charge in [-0.25, -0.2) is 0 Å². The van der Waals surface area contributed by atoms with Crippen LogP contribution in [-0.2, 0) is 22.7 Å². The molecule has 1 aliphatic heterocycles. The van der Waals surface area contributed by atoms with E-state index in [9.17, 15) is 9.59 Å². The van der Waals surface area contributed by atoms with Crippen LogP contribution in [0.4, 0.5) is 0 Å². The third kappa shape index (κ3) is 6.95. The summed E-state index contributed by atoms with van der Waals surface area (Å²) in [6.07, 6.45) is 4.56. The lowest BCUT2D eigenvalue weighted by Crippen LogP contribution is -2.33. The molecule has 8 heteroatoms. The van der Waals surface area contributed by atoms with Gasteiger partial charge in [0.2, 0.25) is 11.8 Å². The fraction of sp³-hybridized carbons (Fsp3) is 0.393. The van der Waals surface area contributed by atoms with Crippen molar-refractivity contribution in [2.45, 2.75) is 38.8 Å². The summed E-state index contributed by atoms with van der Waals surface area (Å²) in [4.78, 5) is 27.7. The van der Waals surface area contributed by atoms with Crippen molar-refractivity contribution in [2.24, 2.45) is 5.92 Å². The van der Waals surface area contributed by atoms with Gasteiger partial charge in [-0.2, -0.15) is 5.10 Å². The highest BCUT2D eigenvalue weighted by atomic mass is 16.5. The summed E-state index contributed by atoms with van der Waals surface area (Å²) in [6, 6.07) is 17.8. The van der Waals surface area contributed by atoms with E-state index in [1.165, 1.54) is 0 Å². The van der Waals surface area contributed by atoms with E-state index in [0.29, 0.717) is 39.0 Å². The summed E-state index contributed by atoms with van der Waals surface area (Å²) < 4.78 is 5.54. The fourth-order valence-corrected chi connectivity index (χ4v) is 4.66. The molecule has 3 N–H and O–H groups in total. The summed E-state index contributed by atoms with van der Waals surface area (Å²) in [7, 11) is 1.66. The van der Waals surface area contributed by atoms with E-state index in [4.69, 9.17) is 4.74 Å². The van der Waals surface area contributed by atoms with E-state index in [-0.39, 0.29) is 17.7 Å². The first-order valence-corrected chi connectivity index (χ1v) is 12.6. The Morgan fingerprint density at radius 2 is 1.92 bits per heavy atom. The van der Waals surface area contributed by atoms with Crippen molar-refractivity contribution >= 4 is 11.8 Å². The molecule has 2 amide bonds. The molecule has 0 bridgehead atoms. The number of nitrogens with zero attached hydrogens (tertiary/aromatic N) is 2. The number of para-hydroxylation sites is 1. The molecule has 1 fully saturated rings. The molecule has 36 heavy (non-hydrogen) atoms. The number of H-pyrrole nitrogens is 1. The number of carbonyl (C=O) groups is 2. The van der Waals surface area contributed by atoms with E-state index < -0.39 is 0 Å². The number of amides is 2. The van der Waals surface area contributed by atoms with Crippen LogP contribution in [0.1, 0.15) is 36.8 Å². The number of hydrogen-bond acceptors (Lipinski definition) is 5. The maximum atomic E-state index is 12.9. The minimum absolute atomic E-state index is 0.0162. The van der Waals surface area contributed by atoms with Crippen molar-refractivity contribution < 1.29 is 14.3 Å². The maximum absolute atomic E-state index is 12.9. The Hall–Kier alpha value is -3.65. The number of benzene rings is 2. The van der Waals surface area contributed by atoms with Crippen LogP contribution in [0.3, 0.4) is 0 Å². The fourth-order valence-electron chi connectivity index (χ4n) is 4.66. The Balaban J connectivity index is 1.40. The summed E-state index contributed by atoms with van der Waals surface area (Å²) in [6.45, 7) is 3.13.